The maximum Gasteiger partial charge on any atom is 0.140 e. The summed E-state index contributed by atoms with van der Waals surface area (Å²) < 4.78 is 0. The molecule has 5 heterocycles. The van der Waals surface area contributed by atoms with Crippen LogP contribution in [0.15, 0.2) is 42.9 Å². The molecule has 0 radical (unpaired) electrons. The molecular weight excluding hydrogens is 312 g/mol. The highest BCUT2D eigenvalue weighted by Gasteiger charge is 2.41. The predicted molar refractivity (Wildman–Crippen MR) is 97.7 cm³/mol. The summed E-state index contributed by atoms with van der Waals surface area (Å²) in [4.78, 5) is 22.8. The van der Waals surface area contributed by atoms with Crippen LogP contribution >= 0.6 is 0 Å². The third-order valence-corrected chi connectivity index (χ3v) is 5.35. The number of pyridine rings is 2. The minimum absolute atomic E-state index is 0.661. The fourth-order valence-electron chi connectivity index (χ4n) is 4.21. The van der Waals surface area contributed by atoms with E-state index in [0.29, 0.717) is 11.8 Å². The summed E-state index contributed by atoms with van der Waals surface area (Å²) in [5, 5.41) is 1.10. The Kier molecular flexibility index (Phi) is 3.29. The van der Waals surface area contributed by atoms with Gasteiger partial charge in [0.25, 0.3) is 0 Å². The Balaban J connectivity index is 1.40. The quantitative estimate of drug-likeness (QED) is 0.718. The van der Waals surface area contributed by atoms with E-state index in [1.807, 2.05) is 37.6 Å². The third kappa shape index (κ3) is 2.49. The van der Waals surface area contributed by atoms with E-state index in [-0.39, 0.29) is 0 Å². The van der Waals surface area contributed by atoms with Crippen LogP contribution < -0.4 is 9.80 Å². The summed E-state index contributed by atoms with van der Waals surface area (Å²) in [5.74, 6) is 4.28. The zero-order valence-corrected chi connectivity index (χ0v) is 14.2. The van der Waals surface area contributed by atoms with Gasteiger partial charge in [0.05, 0.1) is 11.7 Å². The highest BCUT2D eigenvalue weighted by atomic mass is 15.3. The standard InChI is InChI=1S/C19H20N6/c1-13-22-17-8-20-7-5-16(17)19(23-13)25-11-14-9-24(10-15(14)12-25)18-4-2-3-6-21-18/h2-8,14-15H,9-12H2,1H3. The second kappa shape index (κ2) is 5.65. The molecule has 3 aromatic rings. The summed E-state index contributed by atoms with van der Waals surface area (Å²) in [6.07, 6.45) is 5.52. The molecule has 126 valence electrons. The number of fused-ring (bicyclic) bond motifs is 2. The topological polar surface area (TPSA) is 58.0 Å². The Bertz CT molecular complexity index is 898. The van der Waals surface area contributed by atoms with Gasteiger partial charge >= 0.3 is 0 Å². The Morgan fingerprint density at radius 2 is 1.72 bits per heavy atom. The van der Waals surface area contributed by atoms with Gasteiger partial charge in [-0.2, -0.15) is 0 Å². The van der Waals surface area contributed by atoms with Crippen LogP contribution in [0, 0.1) is 18.8 Å². The lowest BCUT2D eigenvalue weighted by atomic mass is 10.0. The predicted octanol–water partition coefficient (Wildman–Crippen LogP) is 2.30. The molecule has 0 bridgehead atoms. The van der Waals surface area contributed by atoms with E-state index in [4.69, 9.17) is 4.98 Å². The van der Waals surface area contributed by atoms with Crippen LogP contribution in [0.5, 0.6) is 0 Å². The molecule has 2 atom stereocenters. The number of hydrogen-bond acceptors (Lipinski definition) is 6. The van der Waals surface area contributed by atoms with E-state index in [0.717, 1.165) is 54.5 Å². The molecule has 0 N–H and O–H groups in total. The average molecular weight is 332 g/mol. The molecule has 0 spiro atoms. The minimum atomic E-state index is 0.661. The van der Waals surface area contributed by atoms with Gasteiger partial charge in [-0.15, -0.1) is 0 Å². The number of nitrogens with zero attached hydrogens (tertiary/aromatic N) is 6. The minimum Gasteiger partial charge on any atom is -0.356 e. The molecule has 25 heavy (non-hydrogen) atoms. The van der Waals surface area contributed by atoms with Gasteiger partial charge < -0.3 is 9.80 Å². The molecule has 0 saturated carbocycles. The molecule has 2 aliphatic rings. The maximum atomic E-state index is 4.75. The molecule has 2 saturated heterocycles. The van der Waals surface area contributed by atoms with E-state index in [9.17, 15) is 0 Å². The summed E-state index contributed by atoms with van der Waals surface area (Å²) >= 11 is 0. The van der Waals surface area contributed by atoms with Crippen LogP contribution in [-0.4, -0.2) is 46.1 Å². The molecule has 2 unspecified atom stereocenters. The van der Waals surface area contributed by atoms with E-state index < -0.39 is 0 Å². The van der Waals surface area contributed by atoms with Gasteiger partial charge in [0, 0.05) is 55.8 Å². The second-order valence-electron chi connectivity index (χ2n) is 7.01. The molecule has 3 aromatic heterocycles. The zero-order valence-electron chi connectivity index (χ0n) is 14.2. The first-order valence-electron chi connectivity index (χ1n) is 8.77. The molecular formula is C19H20N6. The van der Waals surface area contributed by atoms with Crippen LogP contribution in [0.1, 0.15) is 5.82 Å². The van der Waals surface area contributed by atoms with E-state index >= 15 is 0 Å². The lowest BCUT2D eigenvalue weighted by Crippen LogP contribution is -2.29. The van der Waals surface area contributed by atoms with Crippen LogP contribution in [0.25, 0.3) is 10.9 Å². The number of hydrogen-bond donors (Lipinski definition) is 0. The van der Waals surface area contributed by atoms with E-state index in [1.165, 1.54) is 0 Å². The van der Waals surface area contributed by atoms with Crippen LogP contribution in [0.2, 0.25) is 0 Å². The van der Waals surface area contributed by atoms with Gasteiger partial charge in [-0.25, -0.2) is 15.0 Å². The fourth-order valence-corrected chi connectivity index (χ4v) is 4.21. The van der Waals surface area contributed by atoms with Crippen molar-refractivity contribution in [3.63, 3.8) is 0 Å². The smallest absolute Gasteiger partial charge is 0.140 e. The Morgan fingerprint density at radius 3 is 2.48 bits per heavy atom. The number of aryl methyl sites for hydroxylation is 1. The zero-order chi connectivity index (χ0) is 16.8. The van der Waals surface area contributed by atoms with Crippen molar-refractivity contribution < 1.29 is 0 Å². The number of aromatic nitrogens is 4. The Labute approximate surface area is 146 Å². The van der Waals surface area contributed by atoms with Crippen LogP contribution in [0.3, 0.4) is 0 Å². The lowest BCUT2D eigenvalue weighted by molar-refractivity contribution is 0.533. The van der Waals surface area contributed by atoms with Crippen molar-refractivity contribution >= 4 is 22.5 Å². The first kappa shape index (κ1) is 14.6. The molecule has 0 aromatic carbocycles. The lowest BCUT2D eigenvalue weighted by Gasteiger charge is -2.24. The Morgan fingerprint density at radius 1 is 0.920 bits per heavy atom. The van der Waals surface area contributed by atoms with Crippen LogP contribution in [0.4, 0.5) is 11.6 Å². The highest BCUT2D eigenvalue weighted by molar-refractivity contribution is 5.89. The van der Waals surface area contributed by atoms with Crippen molar-refractivity contribution in [1.82, 2.24) is 19.9 Å². The average Bonchev–Trinajstić information content (AvgIpc) is 3.21. The molecule has 6 heteroatoms. The van der Waals surface area contributed by atoms with E-state index in [1.54, 1.807) is 0 Å². The molecule has 2 fully saturated rings. The molecule has 5 rings (SSSR count). The van der Waals surface area contributed by atoms with Crippen molar-refractivity contribution in [2.45, 2.75) is 6.92 Å². The van der Waals surface area contributed by atoms with Crippen LogP contribution in [-0.2, 0) is 0 Å². The Hall–Kier alpha value is -2.76. The van der Waals surface area contributed by atoms with Crippen molar-refractivity contribution in [2.24, 2.45) is 11.8 Å². The summed E-state index contributed by atoms with van der Waals surface area (Å²) in [5.41, 5.74) is 0.928. The summed E-state index contributed by atoms with van der Waals surface area (Å²) in [6, 6.07) is 8.16. The van der Waals surface area contributed by atoms with Crippen molar-refractivity contribution in [1.29, 1.82) is 0 Å². The highest BCUT2D eigenvalue weighted by Crippen LogP contribution is 2.36. The van der Waals surface area contributed by atoms with Crippen molar-refractivity contribution in [3.8, 4) is 0 Å². The first-order valence-corrected chi connectivity index (χ1v) is 8.77. The second-order valence-corrected chi connectivity index (χ2v) is 7.01. The molecule has 0 aliphatic carbocycles. The molecule has 2 aliphatic heterocycles. The summed E-state index contributed by atoms with van der Waals surface area (Å²) in [7, 11) is 0. The van der Waals surface area contributed by atoms with Gasteiger partial charge in [0.1, 0.15) is 17.5 Å². The van der Waals surface area contributed by atoms with Gasteiger partial charge in [0.15, 0.2) is 0 Å². The van der Waals surface area contributed by atoms with E-state index in [2.05, 4.69) is 36.9 Å². The fraction of sp³-hybridized carbons (Fsp3) is 0.368. The summed E-state index contributed by atoms with van der Waals surface area (Å²) in [6.45, 7) is 6.18. The largest absolute Gasteiger partial charge is 0.356 e. The van der Waals surface area contributed by atoms with Gasteiger partial charge in [0.2, 0.25) is 0 Å². The monoisotopic (exact) mass is 332 g/mol. The molecule has 6 nitrogen and oxygen atoms in total. The van der Waals surface area contributed by atoms with Crippen molar-refractivity contribution in [2.75, 3.05) is 36.0 Å². The number of rotatable bonds is 2. The van der Waals surface area contributed by atoms with Crippen molar-refractivity contribution in [3.05, 3.63) is 48.7 Å². The normalized spacial score (nSPS) is 22.6. The first-order chi connectivity index (χ1) is 12.3. The third-order valence-electron chi connectivity index (χ3n) is 5.35. The van der Waals surface area contributed by atoms with Gasteiger partial charge in [-0.3, -0.25) is 4.98 Å². The molecule has 0 amide bonds. The maximum absolute atomic E-state index is 4.75. The van der Waals surface area contributed by atoms with Gasteiger partial charge in [-0.1, -0.05) is 6.07 Å². The SMILES string of the molecule is Cc1nc(N2CC3CN(c4ccccn4)CC3C2)c2ccncc2n1. The number of anilines is 2. The van der Waals surface area contributed by atoms with Gasteiger partial charge in [-0.05, 0) is 25.1 Å².